The van der Waals surface area contributed by atoms with Crippen LogP contribution in [0.1, 0.15) is 16.8 Å². The van der Waals surface area contributed by atoms with Crippen LogP contribution in [0.25, 0.3) is 0 Å². The van der Waals surface area contributed by atoms with Gasteiger partial charge in [0.05, 0.1) is 10.6 Å². The van der Waals surface area contributed by atoms with E-state index in [1.54, 1.807) is 0 Å². The van der Waals surface area contributed by atoms with Gasteiger partial charge in [0.1, 0.15) is 0 Å². The molecule has 0 atom stereocenters. The zero-order valence-corrected chi connectivity index (χ0v) is 10.5. The summed E-state index contributed by atoms with van der Waals surface area (Å²) < 4.78 is 37.4. The van der Waals surface area contributed by atoms with Crippen LogP contribution in [0.2, 0.25) is 5.02 Å². The summed E-state index contributed by atoms with van der Waals surface area (Å²) in [7, 11) is 0. The van der Waals surface area contributed by atoms with Gasteiger partial charge in [0, 0.05) is 31.1 Å². The fourth-order valence-electron chi connectivity index (χ4n) is 1.82. The molecule has 1 aliphatic rings. The molecular weight excluding hydrogens is 281 g/mol. The molecule has 2 rings (SSSR count). The predicted octanol–water partition coefficient (Wildman–Crippen LogP) is 3.07. The smallest absolute Gasteiger partial charge is 0.334 e. The molecule has 0 fully saturated rings. The van der Waals surface area contributed by atoms with Gasteiger partial charge in [0.25, 0.3) is 5.91 Å². The van der Waals surface area contributed by atoms with Crippen LogP contribution in [0.4, 0.5) is 13.2 Å². The molecule has 19 heavy (non-hydrogen) atoms. The Bertz CT molecular complexity index is 528. The summed E-state index contributed by atoms with van der Waals surface area (Å²) in [6.07, 6.45) is -0.732. The lowest BCUT2D eigenvalue weighted by atomic mass is 10.1. The number of hydrogen-bond donors (Lipinski definition) is 0. The highest BCUT2D eigenvalue weighted by atomic mass is 35.5. The molecule has 3 nitrogen and oxygen atoms in total. The minimum Gasteiger partial charge on any atom is -0.334 e. The van der Waals surface area contributed by atoms with E-state index in [2.05, 4.69) is 4.98 Å². The average molecular weight is 291 g/mol. The van der Waals surface area contributed by atoms with Gasteiger partial charge in [0.15, 0.2) is 0 Å². The molecule has 1 aromatic heterocycles. The summed E-state index contributed by atoms with van der Waals surface area (Å²) in [5.74, 6) is -0.407. The summed E-state index contributed by atoms with van der Waals surface area (Å²) in [4.78, 5) is 17.2. The highest BCUT2D eigenvalue weighted by Gasteiger charge is 2.35. The van der Waals surface area contributed by atoms with Crippen LogP contribution in [0.5, 0.6) is 0 Å². The number of hydrogen-bond acceptors (Lipinski definition) is 2. The van der Waals surface area contributed by atoms with Crippen LogP contribution in [-0.4, -0.2) is 35.1 Å². The first-order valence-corrected chi connectivity index (χ1v) is 5.92. The fourth-order valence-corrected chi connectivity index (χ4v) is 2.00. The Morgan fingerprint density at radius 3 is 2.68 bits per heavy atom. The number of pyridine rings is 1. The molecule has 2 heterocycles. The number of alkyl halides is 3. The molecule has 0 saturated heterocycles. The first-order chi connectivity index (χ1) is 8.89. The molecule has 0 bridgehead atoms. The Morgan fingerprint density at radius 2 is 2.16 bits per heavy atom. The van der Waals surface area contributed by atoms with Crippen LogP contribution in [-0.2, 0) is 0 Å². The molecule has 0 radical (unpaired) electrons. The maximum atomic E-state index is 12.5. The molecule has 1 amide bonds. The zero-order chi connectivity index (χ0) is 14.0. The van der Waals surface area contributed by atoms with E-state index in [1.165, 1.54) is 23.4 Å². The molecule has 0 spiro atoms. The standard InChI is InChI=1S/C12H10ClF3N2O/c13-10-1-4-17-7-9(10)11(19)18-5-2-8(3-6-18)12(14,15)16/h1-2,4,7H,3,5-6H2. The van der Waals surface area contributed by atoms with E-state index in [9.17, 15) is 18.0 Å². The van der Waals surface area contributed by atoms with Crippen LogP contribution >= 0.6 is 11.6 Å². The van der Waals surface area contributed by atoms with E-state index < -0.39 is 17.7 Å². The van der Waals surface area contributed by atoms with Crippen molar-refractivity contribution in [2.75, 3.05) is 13.1 Å². The quantitative estimate of drug-likeness (QED) is 0.745. The van der Waals surface area contributed by atoms with E-state index in [0.29, 0.717) is 0 Å². The fraction of sp³-hybridized carbons (Fsp3) is 0.333. The summed E-state index contributed by atoms with van der Waals surface area (Å²) in [5, 5.41) is 0.241. The third-order valence-corrected chi connectivity index (χ3v) is 3.19. The van der Waals surface area contributed by atoms with Crippen molar-refractivity contribution in [3.8, 4) is 0 Å². The highest BCUT2D eigenvalue weighted by Crippen LogP contribution is 2.30. The molecular formula is C12H10ClF3N2O. The van der Waals surface area contributed by atoms with Crippen LogP contribution in [0.15, 0.2) is 30.1 Å². The summed E-state index contributed by atoms with van der Waals surface area (Å²) in [5.41, 5.74) is -0.387. The topological polar surface area (TPSA) is 33.2 Å². The number of aromatic nitrogens is 1. The Morgan fingerprint density at radius 1 is 1.42 bits per heavy atom. The van der Waals surface area contributed by atoms with Crippen molar-refractivity contribution in [3.63, 3.8) is 0 Å². The van der Waals surface area contributed by atoms with Crippen LogP contribution in [0, 0.1) is 0 Å². The van der Waals surface area contributed by atoms with Gasteiger partial charge in [-0.25, -0.2) is 0 Å². The summed E-state index contributed by atoms with van der Waals surface area (Å²) >= 11 is 5.86. The van der Waals surface area contributed by atoms with Crippen LogP contribution in [0.3, 0.4) is 0 Å². The molecule has 0 N–H and O–H groups in total. The van der Waals surface area contributed by atoms with Gasteiger partial charge in [0.2, 0.25) is 0 Å². The van der Waals surface area contributed by atoms with Gasteiger partial charge in [-0.2, -0.15) is 13.2 Å². The minimum atomic E-state index is -4.32. The van der Waals surface area contributed by atoms with Crippen molar-refractivity contribution in [2.45, 2.75) is 12.6 Å². The number of carbonyl (C=O) groups excluding carboxylic acids is 1. The second-order valence-electron chi connectivity index (χ2n) is 4.08. The third-order valence-electron chi connectivity index (χ3n) is 2.86. The van der Waals surface area contributed by atoms with Gasteiger partial charge >= 0.3 is 6.18 Å². The Kier molecular flexibility index (Phi) is 3.80. The molecule has 0 aliphatic carbocycles. The molecule has 1 aromatic rings. The Labute approximate surface area is 112 Å². The van der Waals surface area contributed by atoms with Gasteiger partial charge in [-0.1, -0.05) is 17.7 Å². The highest BCUT2D eigenvalue weighted by molar-refractivity contribution is 6.33. The van der Waals surface area contributed by atoms with Gasteiger partial charge in [-0.15, -0.1) is 0 Å². The molecule has 1 aliphatic heterocycles. The summed E-state index contributed by atoms with van der Waals surface area (Å²) in [6, 6.07) is 1.47. The second-order valence-corrected chi connectivity index (χ2v) is 4.49. The maximum absolute atomic E-state index is 12.5. The molecule has 102 valence electrons. The van der Waals surface area contributed by atoms with E-state index in [0.717, 1.165) is 6.08 Å². The molecule has 7 heteroatoms. The van der Waals surface area contributed by atoms with Crippen molar-refractivity contribution in [3.05, 3.63) is 40.7 Å². The van der Waals surface area contributed by atoms with Crippen molar-refractivity contribution in [1.29, 1.82) is 0 Å². The first kappa shape index (κ1) is 13.9. The number of nitrogens with zero attached hydrogens (tertiary/aromatic N) is 2. The lowest BCUT2D eigenvalue weighted by molar-refractivity contribution is -0.0957. The van der Waals surface area contributed by atoms with Gasteiger partial charge in [-0.05, 0) is 12.5 Å². The van der Waals surface area contributed by atoms with E-state index in [-0.39, 0.29) is 30.1 Å². The Hall–Kier alpha value is -1.56. The lowest BCUT2D eigenvalue weighted by Gasteiger charge is -2.27. The first-order valence-electron chi connectivity index (χ1n) is 5.54. The number of carbonyl (C=O) groups is 1. The van der Waals surface area contributed by atoms with E-state index >= 15 is 0 Å². The molecule has 0 unspecified atom stereocenters. The monoisotopic (exact) mass is 290 g/mol. The largest absolute Gasteiger partial charge is 0.412 e. The Balaban J connectivity index is 2.13. The third kappa shape index (κ3) is 3.07. The second kappa shape index (κ2) is 5.21. The zero-order valence-electron chi connectivity index (χ0n) is 9.75. The van der Waals surface area contributed by atoms with Crippen LogP contribution < -0.4 is 0 Å². The molecule has 0 saturated carbocycles. The van der Waals surface area contributed by atoms with Gasteiger partial charge < -0.3 is 4.90 Å². The number of rotatable bonds is 1. The van der Waals surface area contributed by atoms with Crippen molar-refractivity contribution < 1.29 is 18.0 Å². The van der Waals surface area contributed by atoms with Crippen molar-refractivity contribution in [1.82, 2.24) is 9.88 Å². The van der Waals surface area contributed by atoms with E-state index in [4.69, 9.17) is 11.6 Å². The number of halogens is 4. The summed E-state index contributed by atoms with van der Waals surface area (Å²) in [6.45, 7) is -0.0473. The van der Waals surface area contributed by atoms with E-state index in [1.807, 2.05) is 0 Å². The normalized spacial score (nSPS) is 16.2. The van der Waals surface area contributed by atoms with Crippen molar-refractivity contribution >= 4 is 17.5 Å². The molecule has 0 aromatic carbocycles. The predicted molar refractivity (Wildman–Crippen MR) is 63.9 cm³/mol. The number of amides is 1. The minimum absolute atomic E-state index is 0.0232. The van der Waals surface area contributed by atoms with Crippen molar-refractivity contribution in [2.24, 2.45) is 0 Å². The SMILES string of the molecule is O=C(c1cnccc1Cl)N1CC=C(C(F)(F)F)CC1. The van der Waals surface area contributed by atoms with Gasteiger partial charge in [-0.3, -0.25) is 9.78 Å². The lowest BCUT2D eigenvalue weighted by Crippen LogP contribution is -2.37. The maximum Gasteiger partial charge on any atom is 0.412 e. The average Bonchev–Trinajstić information content (AvgIpc) is 2.38.